The highest BCUT2D eigenvalue weighted by Gasteiger charge is 2.34. The Morgan fingerprint density at radius 3 is 2.89 bits per heavy atom. The first-order valence-electron chi connectivity index (χ1n) is 9.50. The molecule has 2 aromatic rings. The number of hydrogen-bond donors (Lipinski definition) is 2. The van der Waals surface area contributed by atoms with Crippen molar-refractivity contribution in [1.82, 2.24) is 25.0 Å². The Morgan fingerprint density at radius 2 is 2.14 bits per heavy atom. The number of nitrogens with one attached hydrogen (secondary N) is 2. The van der Waals surface area contributed by atoms with Gasteiger partial charge in [-0.1, -0.05) is 17.8 Å². The number of thioether (sulfide) groups is 1. The van der Waals surface area contributed by atoms with Crippen LogP contribution in [0.2, 0.25) is 0 Å². The molecule has 1 aliphatic heterocycles. The van der Waals surface area contributed by atoms with E-state index in [1.165, 1.54) is 24.6 Å². The van der Waals surface area contributed by atoms with Crippen molar-refractivity contribution in [2.75, 3.05) is 24.2 Å². The van der Waals surface area contributed by atoms with E-state index in [1.54, 1.807) is 35.2 Å². The number of amides is 2. The van der Waals surface area contributed by atoms with Gasteiger partial charge in [-0.2, -0.15) is 0 Å². The molecule has 0 radical (unpaired) electrons. The molecule has 1 aliphatic carbocycles. The van der Waals surface area contributed by atoms with Gasteiger partial charge >= 0.3 is 0 Å². The number of rotatable bonds is 7. The minimum absolute atomic E-state index is 0.0906. The van der Waals surface area contributed by atoms with Gasteiger partial charge in [0.25, 0.3) is 5.91 Å². The quantitative estimate of drug-likeness (QED) is 0.685. The first kappa shape index (κ1) is 18.9. The molecule has 148 valence electrons. The molecule has 2 heterocycles. The van der Waals surface area contributed by atoms with E-state index in [1.807, 2.05) is 7.05 Å². The summed E-state index contributed by atoms with van der Waals surface area (Å²) in [7, 11) is 1.83. The van der Waals surface area contributed by atoms with Gasteiger partial charge in [-0.25, -0.2) is 0 Å². The molecule has 1 atom stereocenters. The summed E-state index contributed by atoms with van der Waals surface area (Å²) >= 11 is 1.31. The Morgan fingerprint density at radius 1 is 1.29 bits per heavy atom. The third kappa shape index (κ3) is 4.71. The Bertz CT molecular complexity index is 866. The van der Waals surface area contributed by atoms with Gasteiger partial charge in [0.1, 0.15) is 6.33 Å². The minimum atomic E-state index is -0.151. The molecule has 2 aliphatic rings. The Hall–Kier alpha value is -2.39. The second kappa shape index (κ2) is 8.32. The van der Waals surface area contributed by atoms with E-state index in [0.717, 1.165) is 25.6 Å². The largest absolute Gasteiger partial charge is 0.348 e. The molecular formula is C19H24N6O2S. The maximum Gasteiger partial charge on any atom is 0.251 e. The van der Waals surface area contributed by atoms with Crippen molar-refractivity contribution < 1.29 is 9.59 Å². The molecule has 1 unspecified atom stereocenters. The van der Waals surface area contributed by atoms with E-state index in [2.05, 4.69) is 25.7 Å². The zero-order valence-corrected chi connectivity index (χ0v) is 16.6. The molecule has 0 bridgehead atoms. The number of carbonyl (C=O) groups excluding carboxylic acids is 2. The predicted octanol–water partition coefficient (Wildman–Crippen LogP) is 1.51. The van der Waals surface area contributed by atoms with Gasteiger partial charge in [-0.15, -0.1) is 10.2 Å². The highest BCUT2D eigenvalue weighted by atomic mass is 32.2. The number of hydrogen-bond acceptors (Lipinski definition) is 6. The lowest BCUT2D eigenvalue weighted by Gasteiger charge is -2.16. The molecule has 9 heteroatoms. The van der Waals surface area contributed by atoms with E-state index in [-0.39, 0.29) is 23.6 Å². The summed E-state index contributed by atoms with van der Waals surface area (Å²) in [5.74, 6) is -0.0178. The summed E-state index contributed by atoms with van der Waals surface area (Å²) in [4.78, 5) is 27.2. The summed E-state index contributed by atoms with van der Waals surface area (Å²) in [5.41, 5.74) is 1.17. The third-order valence-electron chi connectivity index (χ3n) is 5.03. The molecule has 1 aromatic carbocycles. The van der Waals surface area contributed by atoms with Crippen LogP contribution in [0, 0.1) is 0 Å². The van der Waals surface area contributed by atoms with Crippen molar-refractivity contribution in [3.8, 4) is 0 Å². The van der Waals surface area contributed by atoms with Crippen LogP contribution >= 0.6 is 11.8 Å². The topological polar surface area (TPSA) is 92.1 Å². The maximum atomic E-state index is 12.6. The molecule has 2 fully saturated rings. The van der Waals surface area contributed by atoms with Gasteiger partial charge in [-0.05, 0) is 37.5 Å². The minimum Gasteiger partial charge on any atom is -0.348 e. The highest BCUT2D eigenvalue weighted by molar-refractivity contribution is 7.99. The van der Waals surface area contributed by atoms with Crippen LogP contribution in [0.1, 0.15) is 29.6 Å². The van der Waals surface area contributed by atoms with Crippen LogP contribution in [-0.4, -0.2) is 62.4 Å². The highest BCUT2D eigenvalue weighted by Crippen LogP contribution is 2.29. The van der Waals surface area contributed by atoms with Crippen LogP contribution in [0.3, 0.4) is 0 Å². The first-order valence-corrected chi connectivity index (χ1v) is 10.5. The van der Waals surface area contributed by atoms with E-state index in [0.29, 0.717) is 16.4 Å². The van der Waals surface area contributed by atoms with E-state index in [4.69, 9.17) is 0 Å². The van der Waals surface area contributed by atoms with Crippen molar-refractivity contribution in [2.24, 2.45) is 7.05 Å². The van der Waals surface area contributed by atoms with Gasteiger partial charge in [0.2, 0.25) is 5.91 Å². The smallest absolute Gasteiger partial charge is 0.251 e. The lowest BCUT2D eigenvalue weighted by Crippen LogP contribution is -2.37. The SMILES string of the molecule is Cn1cnnc1SCC(=O)Nc1cccc(C(=O)NC2CCN(C3CC3)C2)c1. The number of likely N-dealkylation sites (tertiary alicyclic amines) is 1. The van der Waals surface area contributed by atoms with E-state index >= 15 is 0 Å². The van der Waals surface area contributed by atoms with E-state index in [9.17, 15) is 9.59 Å². The molecule has 28 heavy (non-hydrogen) atoms. The lowest BCUT2D eigenvalue weighted by atomic mass is 10.1. The summed E-state index contributed by atoms with van der Waals surface area (Å²) in [5, 5.41) is 14.4. The lowest BCUT2D eigenvalue weighted by molar-refractivity contribution is -0.113. The van der Waals surface area contributed by atoms with Crippen molar-refractivity contribution in [3.63, 3.8) is 0 Å². The molecule has 1 aromatic heterocycles. The predicted molar refractivity (Wildman–Crippen MR) is 107 cm³/mol. The summed E-state index contributed by atoms with van der Waals surface area (Å²) in [6.07, 6.45) is 5.17. The molecule has 2 N–H and O–H groups in total. The van der Waals surface area contributed by atoms with Gasteiger partial charge in [-0.3, -0.25) is 14.5 Å². The van der Waals surface area contributed by atoms with Crippen LogP contribution in [-0.2, 0) is 11.8 Å². The molecule has 1 saturated carbocycles. The van der Waals surface area contributed by atoms with Gasteiger partial charge in [0, 0.05) is 43.5 Å². The summed E-state index contributed by atoms with van der Waals surface area (Å²) < 4.78 is 1.76. The number of nitrogens with zero attached hydrogens (tertiary/aromatic N) is 4. The standard InChI is InChI=1S/C19H24N6O2S/c1-24-12-20-23-19(24)28-11-17(26)21-14-4-2-3-13(9-14)18(27)22-15-7-8-25(10-15)16-5-6-16/h2-4,9,12,15-16H,5-8,10-11H2,1H3,(H,21,26)(H,22,27). The molecular weight excluding hydrogens is 376 g/mol. The van der Waals surface area contributed by atoms with Crippen LogP contribution in [0.4, 0.5) is 5.69 Å². The molecule has 0 spiro atoms. The van der Waals surface area contributed by atoms with Gasteiger partial charge < -0.3 is 15.2 Å². The van der Waals surface area contributed by atoms with Crippen LogP contribution in [0.25, 0.3) is 0 Å². The number of aromatic nitrogens is 3. The Labute approximate surface area is 168 Å². The summed E-state index contributed by atoms with van der Waals surface area (Å²) in [6, 6.07) is 7.99. The zero-order chi connectivity index (χ0) is 19.5. The monoisotopic (exact) mass is 400 g/mol. The average Bonchev–Trinajstić information content (AvgIpc) is 3.30. The maximum absolute atomic E-state index is 12.6. The van der Waals surface area contributed by atoms with Gasteiger partial charge in [0.15, 0.2) is 5.16 Å². The average molecular weight is 401 g/mol. The number of carbonyl (C=O) groups is 2. The van der Waals surface area contributed by atoms with Crippen LogP contribution in [0.15, 0.2) is 35.7 Å². The first-order chi connectivity index (χ1) is 13.6. The molecule has 4 rings (SSSR count). The normalized spacial score (nSPS) is 19.5. The Balaban J connectivity index is 1.29. The van der Waals surface area contributed by atoms with Crippen molar-refractivity contribution in [1.29, 1.82) is 0 Å². The fourth-order valence-electron chi connectivity index (χ4n) is 3.41. The Kier molecular flexibility index (Phi) is 5.63. The molecule has 2 amide bonds. The number of anilines is 1. The number of benzene rings is 1. The second-order valence-electron chi connectivity index (χ2n) is 7.33. The van der Waals surface area contributed by atoms with Gasteiger partial charge in [0.05, 0.1) is 5.75 Å². The number of aryl methyl sites for hydroxylation is 1. The molecule has 8 nitrogen and oxygen atoms in total. The van der Waals surface area contributed by atoms with Crippen LogP contribution in [0.5, 0.6) is 0 Å². The van der Waals surface area contributed by atoms with Crippen LogP contribution < -0.4 is 10.6 Å². The van der Waals surface area contributed by atoms with Crippen molar-refractivity contribution in [3.05, 3.63) is 36.2 Å². The third-order valence-corrected chi connectivity index (χ3v) is 6.06. The summed E-state index contributed by atoms with van der Waals surface area (Å²) in [6.45, 7) is 2.00. The zero-order valence-electron chi connectivity index (χ0n) is 15.8. The molecule has 1 saturated heterocycles. The van der Waals surface area contributed by atoms with E-state index < -0.39 is 0 Å². The van der Waals surface area contributed by atoms with Crippen molar-refractivity contribution in [2.45, 2.75) is 36.5 Å². The fraction of sp³-hybridized carbons (Fsp3) is 0.474. The van der Waals surface area contributed by atoms with Crippen molar-refractivity contribution >= 4 is 29.3 Å². The fourth-order valence-corrected chi connectivity index (χ4v) is 4.10. The second-order valence-corrected chi connectivity index (χ2v) is 8.27.